The Morgan fingerprint density at radius 2 is 2.06 bits per heavy atom. The fourth-order valence-electron chi connectivity index (χ4n) is 2.02. The van der Waals surface area contributed by atoms with Crippen LogP contribution in [0.1, 0.15) is 39.0 Å². The SMILES string of the molecule is CC1(NC(=O)CCNC2CC2)CCOCC1. The number of carbonyl (C=O) groups is 1. The molecule has 0 radical (unpaired) electrons. The summed E-state index contributed by atoms with van der Waals surface area (Å²) in [4.78, 5) is 11.7. The highest BCUT2D eigenvalue weighted by atomic mass is 16.5. The van der Waals surface area contributed by atoms with Crippen molar-refractivity contribution >= 4 is 5.91 Å². The van der Waals surface area contributed by atoms with Gasteiger partial charge in [0.05, 0.1) is 0 Å². The molecule has 0 unspecified atom stereocenters. The van der Waals surface area contributed by atoms with Crippen LogP contribution in [0.5, 0.6) is 0 Å². The van der Waals surface area contributed by atoms with Crippen molar-refractivity contribution in [2.45, 2.75) is 50.6 Å². The molecule has 2 N–H and O–H groups in total. The molecule has 2 rings (SSSR count). The fourth-order valence-corrected chi connectivity index (χ4v) is 2.02. The molecule has 0 atom stereocenters. The largest absolute Gasteiger partial charge is 0.381 e. The zero-order valence-corrected chi connectivity index (χ0v) is 10.1. The first-order valence-electron chi connectivity index (χ1n) is 6.30. The number of hydrogen-bond acceptors (Lipinski definition) is 3. The van der Waals surface area contributed by atoms with E-state index in [9.17, 15) is 4.79 Å². The number of rotatable bonds is 5. The van der Waals surface area contributed by atoms with Crippen LogP contribution in [0.3, 0.4) is 0 Å². The van der Waals surface area contributed by atoms with Crippen molar-refractivity contribution in [3.63, 3.8) is 0 Å². The second-order valence-electron chi connectivity index (χ2n) is 5.20. The first-order valence-corrected chi connectivity index (χ1v) is 6.30. The predicted molar refractivity (Wildman–Crippen MR) is 62.2 cm³/mol. The van der Waals surface area contributed by atoms with Crippen molar-refractivity contribution in [2.24, 2.45) is 0 Å². The summed E-state index contributed by atoms with van der Waals surface area (Å²) in [5, 5.41) is 6.48. The molecule has 1 amide bonds. The summed E-state index contributed by atoms with van der Waals surface area (Å²) in [6.45, 7) is 4.44. The molecule has 0 aromatic rings. The molecule has 0 spiro atoms. The van der Waals surface area contributed by atoms with Crippen LogP contribution < -0.4 is 10.6 Å². The van der Waals surface area contributed by atoms with Gasteiger partial charge in [-0.15, -0.1) is 0 Å². The van der Waals surface area contributed by atoms with Crippen LogP contribution in [-0.4, -0.2) is 37.2 Å². The molecule has 1 saturated heterocycles. The summed E-state index contributed by atoms with van der Waals surface area (Å²) in [6.07, 6.45) is 4.99. The van der Waals surface area contributed by atoms with Crippen LogP contribution in [0.4, 0.5) is 0 Å². The minimum Gasteiger partial charge on any atom is -0.381 e. The minimum atomic E-state index is -0.0467. The maximum Gasteiger partial charge on any atom is 0.221 e. The van der Waals surface area contributed by atoms with Gasteiger partial charge in [0, 0.05) is 37.8 Å². The van der Waals surface area contributed by atoms with Gasteiger partial charge in [-0.25, -0.2) is 0 Å². The Morgan fingerprint density at radius 3 is 2.69 bits per heavy atom. The Hall–Kier alpha value is -0.610. The molecule has 4 heteroatoms. The van der Waals surface area contributed by atoms with Gasteiger partial charge < -0.3 is 15.4 Å². The van der Waals surface area contributed by atoms with E-state index in [2.05, 4.69) is 17.6 Å². The lowest BCUT2D eigenvalue weighted by Crippen LogP contribution is -2.50. The number of hydrogen-bond donors (Lipinski definition) is 2. The van der Waals surface area contributed by atoms with Crippen molar-refractivity contribution in [2.75, 3.05) is 19.8 Å². The highest BCUT2D eigenvalue weighted by Crippen LogP contribution is 2.20. The first kappa shape index (κ1) is 11.9. The van der Waals surface area contributed by atoms with Gasteiger partial charge in [0.1, 0.15) is 0 Å². The number of nitrogens with one attached hydrogen (secondary N) is 2. The molecule has 4 nitrogen and oxygen atoms in total. The molecule has 2 aliphatic rings. The topological polar surface area (TPSA) is 50.4 Å². The van der Waals surface area contributed by atoms with E-state index in [4.69, 9.17) is 4.74 Å². The number of carbonyl (C=O) groups excluding carboxylic acids is 1. The third-order valence-corrected chi connectivity index (χ3v) is 3.40. The standard InChI is InChI=1S/C12H22N2O2/c1-12(5-8-16-9-6-12)14-11(15)4-7-13-10-2-3-10/h10,13H,2-9H2,1H3,(H,14,15). The van der Waals surface area contributed by atoms with Gasteiger partial charge in [0.15, 0.2) is 0 Å². The summed E-state index contributed by atoms with van der Waals surface area (Å²) in [5.41, 5.74) is -0.0467. The lowest BCUT2D eigenvalue weighted by molar-refractivity contribution is -0.123. The second kappa shape index (κ2) is 5.15. The average molecular weight is 226 g/mol. The molecule has 1 saturated carbocycles. The van der Waals surface area contributed by atoms with Gasteiger partial charge in [-0.3, -0.25) is 4.79 Å². The van der Waals surface area contributed by atoms with Crippen LogP contribution in [0.25, 0.3) is 0 Å². The third-order valence-electron chi connectivity index (χ3n) is 3.40. The van der Waals surface area contributed by atoms with E-state index >= 15 is 0 Å². The lowest BCUT2D eigenvalue weighted by Gasteiger charge is -2.34. The van der Waals surface area contributed by atoms with E-state index in [1.807, 2.05) is 0 Å². The molecule has 0 aromatic heterocycles. The molecule has 0 bridgehead atoms. The summed E-state index contributed by atoms with van der Waals surface area (Å²) in [6, 6.07) is 0.687. The fraction of sp³-hybridized carbons (Fsp3) is 0.917. The highest BCUT2D eigenvalue weighted by Gasteiger charge is 2.28. The van der Waals surface area contributed by atoms with Crippen molar-refractivity contribution in [3.05, 3.63) is 0 Å². The normalized spacial score (nSPS) is 24.1. The van der Waals surface area contributed by atoms with E-state index < -0.39 is 0 Å². The lowest BCUT2D eigenvalue weighted by atomic mass is 9.92. The second-order valence-corrected chi connectivity index (χ2v) is 5.20. The molecule has 2 fully saturated rings. The van der Waals surface area contributed by atoms with E-state index in [1.165, 1.54) is 12.8 Å². The van der Waals surface area contributed by atoms with Gasteiger partial charge in [-0.05, 0) is 32.6 Å². The first-order chi connectivity index (χ1) is 7.68. The third kappa shape index (κ3) is 3.76. The van der Waals surface area contributed by atoms with E-state index in [0.29, 0.717) is 12.5 Å². The van der Waals surface area contributed by atoms with Crippen LogP contribution >= 0.6 is 0 Å². The Bertz CT molecular complexity index is 245. The molecule has 92 valence electrons. The molecule has 1 heterocycles. The predicted octanol–water partition coefficient (Wildman–Crippen LogP) is 0.814. The number of ether oxygens (including phenoxy) is 1. The van der Waals surface area contributed by atoms with Crippen LogP contribution in [0.2, 0.25) is 0 Å². The quantitative estimate of drug-likeness (QED) is 0.729. The maximum absolute atomic E-state index is 11.7. The van der Waals surface area contributed by atoms with E-state index in [1.54, 1.807) is 0 Å². The smallest absolute Gasteiger partial charge is 0.221 e. The summed E-state index contributed by atoms with van der Waals surface area (Å²) >= 11 is 0. The molecule has 1 aliphatic carbocycles. The molecular formula is C12H22N2O2. The molecule has 1 aliphatic heterocycles. The molecular weight excluding hydrogens is 204 g/mol. The Morgan fingerprint density at radius 1 is 1.38 bits per heavy atom. The Kier molecular flexibility index (Phi) is 3.82. The van der Waals surface area contributed by atoms with Crippen LogP contribution in [-0.2, 0) is 9.53 Å². The van der Waals surface area contributed by atoms with Gasteiger partial charge in [0.2, 0.25) is 5.91 Å². The van der Waals surface area contributed by atoms with Crippen LogP contribution in [0, 0.1) is 0 Å². The maximum atomic E-state index is 11.7. The average Bonchev–Trinajstić information content (AvgIpc) is 3.02. The molecule has 0 aromatic carbocycles. The minimum absolute atomic E-state index is 0.0467. The highest BCUT2D eigenvalue weighted by molar-refractivity contribution is 5.76. The monoisotopic (exact) mass is 226 g/mol. The summed E-state index contributed by atoms with van der Waals surface area (Å²) < 4.78 is 5.30. The van der Waals surface area contributed by atoms with Crippen molar-refractivity contribution in [1.29, 1.82) is 0 Å². The van der Waals surface area contributed by atoms with Gasteiger partial charge >= 0.3 is 0 Å². The zero-order valence-electron chi connectivity index (χ0n) is 10.1. The Balaban J connectivity index is 1.64. The van der Waals surface area contributed by atoms with Gasteiger partial charge in [-0.2, -0.15) is 0 Å². The van der Waals surface area contributed by atoms with Gasteiger partial charge in [0.25, 0.3) is 0 Å². The van der Waals surface area contributed by atoms with E-state index in [0.717, 1.165) is 32.6 Å². The van der Waals surface area contributed by atoms with Crippen molar-refractivity contribution < 1.29 is 9.53 Å². The summed E-state index contributed by atoms with van der Waals surface area (Å²) in [5.74, 6) is 0.164. The zero-order chi connectivity index (χ0) is 11.4. The molecule has 16 heavy (non-hydrogen) atoms. The van der Waals surface area contributed by atoms with Crippen molar-refractivity contribution in [3.8, 4) is 0 Å². The van der Waals surface area contributed by atoms with Crippen LogP contribution in [0.15, 0.2) is 0 Å². The Labute approximate surface area is 97.1 Å². The summed E-state index contributed by atoms with van der Waals surface area (Å²) in [7, 11) is 0. The van der Waals surface area contributed by atoms with E-state index in [-0.39, 0.29) is 11.4 Å². The van der Waals surface area contributed by atoms with Crippen molar-refractivity contribution in [1.82, 2.24) is 10.6 Å². The van der Waals surface area contributed by atoms with Gasteiger partial charge in [-0.1, -0.05) is 0 Å². The number of amides is 1.